The van der Waals surface area contributed by atoms with Crippen LogP contribution in [0.4, 0.5) is 0 Å². The third kappa shape index (κ3) is 4.81. The van der Waals surface area contributed by atoms with E-state index in [4.69, 9.17) is 4.74 Å². The highest BCUT2D eigenvalue weighted by Gasteiger charge is 2.21. The predicted octanol–water partition coefficient (Wildman–Crippen LogP) is 1.57. The standard InChI is InChI=1S/C17H26N4O.HI/c1-18-17(19-11-16-13-20(2)9-10-22-16)21-8-7-14-5-3-4-6-15(14)12-21;/h3-6,16H,7-13H2,1-2H3,(H,18,19);1H. The maximum absolute atomic E-state index is 5.81. The highest BCUT2D eigenvalue weighted by Crippen LogP contribution is 2.18. The smallest absolute Gasteiger partial charge is 0.194 e. The lowest BCUT2D eigenvalue weighted by Crippen LogP contribution is -2.50. The molecule has 2 aliphatic heterocycles. The van der Waals surface area contributed by atoms with E-state index in [-0.39, 0.29) is 30.1 Å². The van der Waals surface area contributed by atoms with Crippen LogP contribution in [0, 0.1) is 0 Å². The van der Waals surface area contributed by atoms with E-state index in [1.165, 1.54) is 11.1 Å². The number of benzene rings is 1. The number of halogens is 1. The number of ether oxygens (including phenoxy) is 1. The molecule has 128 valence electrons. The number of hydrogen-bond acceptors (Lipinski definition) is 3. The quantitative estimate of drug-likeness (QED) is 0.440. The highest BCUT2D eigenvalue weighted by molar-refractivity contribution is 14.0. The molecule has 1 aromatic rings. The van der Waals surface area contributed by atoms with Gasteiger partial charge in [0, 0.05) is 39.8 Å². The number of aliphatic imine (C=N–C) groups is 1. The predicted molar refractivity (Wildman–Crippen MR) is 105 cm³/mol. The SMILES string of the molecule is CN=C(NCC1CN(C)CCO1)N1CCc2ccccc2C1.I. The summed E-state index contributed by atoms with van der Waals surface area (Å²) < 4.78 is 5.81. The molecule has 1 saturated heterocycles. The van der Waals surface area contributed by atoms with Gasteiger partial charge in [-0.3, -0.25) is 4.99 Å². The van der Waals surface area contributed by atoms with Crippen molar-refractivity contribution in [3.8, 4) is 0 Å². The number of morpholine rings is 1. The molecule has 0 aliphatic carbocycles. The summed E-state index contributed by atoms with van der Waals surface area (Å²) in [5.74, 6) is 0.978. The average Bonchev–Trinajstić information content (AvgIpc) is 2.55. The molecule has 2 heterocycles. The number of rotatable bonds is 2. The monoisotopic (exact) mass is 430 g/mol. The second-order valence-electron chi connectivity index (χ2n) is 6.12. The fourth-order valence-electron chi connectivity index (χ4n) is 3.20. The van der Waals surface area contributed by atoms with E-state index in [9.17, 15) is 0 Å². The van der Waals surface area contributed by atoms with Crippen molar-refractivity contribution < 1.29 is 4.74 Å². The lowest BCUT2D eigenvalue weighted by atomic mass is 10.0. The maximum atomic E-state index is 5.81. The molecule has 0 amide bonds. The van der Waals surface area contributed by atoms with Gasteiger partial charge in [0.1, 0.15) is 0 Å². The first-order valence-electron chi connectivity index (χ1n) is 8.09. The van der Waals surface area contributed by atoms with Crippen LogP contribution < -0.4 is 5.32 Å². The third-order valence-corrected chi connectivity index (χ3v) is 4.47. The fourth-order valence-corrected chi connectivity index (χ4v) is 3.20. The van der Waals surface area contributed by atoms with Crippen LogP contribution in [-0.4, -0.2) is 68.7 Å². The van der Waals surface area contributed by atoms with E-state index >= 15 is 0 Å². The van der Waals surface area contributed by atoms with E-state index in [0.29, 0.717) is 0 Å². The van der Waals surface area contributed by atoms with Crippen molar-refractivity contribution >= 4 is 29.9 Å². The van der Waals surface area contributed by atoms with Crippen LogP contribution in [0.1, 0.15) is 11.1 Å². The summed E-state index contributed by atoms with van der Waals surface area (Å²) in [6.07, 6.45) is 1.33. The molecule has 1 N–H and O–H groups in total. The molecule has 23 heavy (non-hydrogen) atoms. The number of guanidine groups is 1. The molecule has 3 rings (SSSR count). The molecule has 0 aromatic heterocycles. The second kappa shape index (κ2) is 8.84. The Balaban J connectivity index is 0.00000192. The molecule has 0 bridgehead atoms. The zero-order valence-electron chi connectivity index (χ0n) is 14.0. The summed E-state index contributed by atoms with van der Waals surface area (Å²) in [7, 11) is 4.00. The fraction of sp³-hybridized carbons (Fsp3) is 0.588. The Morgan fingerprint density at radius 2 is 2.09 bits per heavy atom. The van der Waals surface area contributed by atoms with Gasteiger partial charge in [-0.05, 0) is 24.6 Å². The van der Waals surface area contributed by atoms with Crippen LogP contribution in [0.3, 0.4) is 0 Å². The highest BCUT2D eigenvalue weighted by atomic mass is 127. The van der Waals surface area contributed by atoms with Gasteiger partial charge in [0.05, 0.1) is 12.7 Å². The van der Waals surface area contributed by atoms with Crippen LogP contribution in [-0.2, 0) is 17.7 Å². The van der Waals surface area contributed by atoms with E-state index in [0.717, 1.165) is 51.7 Å². The Morgan fingerprint density at radius 3 is 2.83 bits per heavy atom. The minimum atomic E-state index is 0. The normalized spacial score (nSPS) is 22.3. The largest absolute Gasteiger partial charge is 0.374 e. The average molecular weight is 430 g/mol. The van der Waals surface area contributed by atoms with Gasteiger partial charge in [-0.2, -0.15) is 0 Å². The molecule has 1 fully saturated rings. The minimum absolute atomic E-state index is 0. The summed E-state index contributed by atoms with van der Waals surface area (Å²) in [6.45, 7) is 5.58. The van der Waals surface area contributed by atoms with Gasteiger partial charge < -0.3 is 19.9 Å². The summed E-state index contributed by atoms with van der Waals surface area (Å²) >= 11 is 0. The molecule has 1 atom stereocenters. The van der Waals surface area contributed by atoms with Gasteiger partial charge in [-0.1, -0.05) is 24.3 Å². The van der Waals surface area contributed by atoms with E-state index in [1.54, 1.807) is 0 Å². The molecule has 2 aliphatic rings. The van der Waals surface area contributed by atoms with Gasteiger partial charge >= 0.3 is 0 Å². The molecular weight excluding hydrogens is 403 g/mol. The molecular formula is C17H27IN4O. The van der Waals surface area contributed by atoms with Crippen LogP contribution in [0.5, 0.6) is 0 Å². The maximum Gasteiger partial charge on any atom is 0.194 e. The molecule has 1 unspecified atom stereocenters. The zero-order valence-corrected chi connectivity index (χ0v) is 16.3. The van der Waals surface area contributed by atoms with Crippen LogP contribution in [0.25, 0.3) is 0 Å². The van der Waals surface area contributed by atoms with Crippen LogP contribution in [0.15, 0.2) is 29.3 Å². The summed E-state index contributed by atoms with van der Waals surface area (Å²) in [6, 6.07) is 8.69. The Bertz CT molecular complexity index is 537. The lowest BCUT2D eigenvalue weighted by molar-refractivity contribution is -0.0163. The van der Waals surface area contributed by atoms with Crippen molar-refractivity contribution in [2.75, 3.05) is 46.9 Å². The third-order valence-electron chi connectivity index (χ3n) is 4.47. The Morgan fingerprint density at radius 1 is 1.30 bits per heavy atom. The molecule has 0 saturated carbocycles. The van der Waals surface area contributed by atoms with Gasteiger partial charge in [-0.25, -0.2) is 0 Å². The Hall–Kier alpha value is -0.860. The summed E-state index contributed by atoms with van der Waals surface area (Å²) in [4.78, 5) is 9.09. The second-order valence-corrected chi connectivity index (χ2v) is 6.12. The Kier molecular flexibility index (Phi) is 7.10. The summed E-state index contributed by atoms with van der Waals surface area (Å²) in [5.41, 5.74) is 2.87. The van der Waals surface area contributed by atoms with Gasteiger partial charge in [0.25, 0.3) is 0 Å². The molecule has 6 heteroatoms. The topological polar surface area (TPSA) is 40.1 Å². The Labute approximate surface area is 156 Å². The van der Waals surface area contributed by atoms with Gasteiger partial charge in [-0.15, -0.1) is 24.0 Å². The van der Waals surface area contributed by atoms with Crippen molar-refractivity contribution in [1.82, 2.24) is 15.1 Å². The van der Waals surface area contributed by atoms with E-state index in [2.05, 4.69) is 51.4 Å². The number of fused-ring (bicyclic) bond motifs is 1. The van der Waals surface area contributed by atoms with Crippen molar-refractivity contribution in [2.45, 2.75) is 19.1 Å². The van der Waals surface area contributed by atoms with E-state index < -0.39 is 0 Å². The molecule has 0 radical (unpaired) electrons. The zero-order chi connectivity index (χ0) is 15.4. The van der Waals surface area contributed by atoms with Crippen molar-refractivity contribution in [3.05, 3.63) is 35.4 Å². The first-order chi connectivity index (χ1) is 10.8. The van der Waals surface area contributed by atoms with Crippen molar-refractivity contribution in [1.29, 1.82) is 0 Å². The molecule has 1 aromatic carbocycles. The van der Waals surface area contributed by atoms with Gasteiger partial charge in [0.2, 0.25) is 0 Å². The number of nitrogens with one attached hydrogen (secondary N) is 1. The molecule has 0 spiro atoms. The first kappa shape index (κ1) is 18.5. The van der Waals surface area contributed by atoms with E-state index in [1.807, 2.05) is 7.05 Å². The number of likely N-dealkylation sites (N-methyl/N-ethyl adjacent to an activating group) is 1. The van der Waals surface area contributed by atoms with Crippen LogP contribution >= 0.6 is 24.0 Å². The summed E-state index contributed by atoms with van der Waals surface area (Å²) in [5, 5.41) is 3.48. The van der Waals surface area contributed by atoms with Gasteiger partial charge in [0.15, 0.2) is 5.96 Å². The minimum Gasteiger partial charge on any atom is -0.374 e. The molecule has 5 nitrogen and oxygen atoms in total. The number of hydrogen-bond donors (Lipinski definition) is 1. The van der Waals surface area contributed by atoms with Crippen molar-refractivity contribution in [3.63, 3.8) is 0 Å². The number of nitrogens with zero attached hydrogens (tertiary/aromatic N) is 3. The van der Waals surface area contributed by atoms with Crippen molar-refractivity contribution in [2.24, 2.45) is 4.99 Å². The van der Waals surface area contributed by atoms with Crippen LogP contribution in [0.2, 0.25) is 0 Å². The first-order valence-corrected chi connectivity index (χ1v) is 8.09. The lowest BCUT2D eigenvalue weighted by Gasteiger charge is -2.34.